The van der Waals surface area contributed by atoms with Crippen molar-refractivity contribution in [3.63, 3.8) is 0 Å². The van der Waals surface area contributed by atoms with Crippen LogP contribution in [-0.4, -0.2) is 51.5 Å². The highest BCUT2D eigenvalue weighted by Gasteiger charge is 2.68. The molecular weight excluding hydrogens is 512 g/mol. The van der Waals surface area contributed by atoms with Gasteiger partial charge in [0.05, 0.1) is 6.42 Å². The van der Waals surface area contributed by atoms with Crippen molar-refractivity contribution in [3.8, 4) is 0 Å². The maximum absolute atomic E-state index is 13.7. The lowest BCUT2D eigenvalue weighted by Crippen LogP contribution is -2.61. The number of carbonyl (C=O) groups is 5. The summed E-state index contributed by atoms with van der Waals surface area (Å²) < 4.78 is 5.19. The van der Waals surface area contributed by atoms with Crippen molar-refractivity contribution in [1.82, 2.24) is 10.3 Å². The molecule has 214 valence electrons. The Balaban J connectivity index is 1.18. The van der Waals surface area contributed by atoms with Gasteiger partial charge in [-0.25, -0.2) is 0 Å². The fraction of sp³-hybridized carbons (Fsp3) is 0.613. The topological polar surface area (TPSA) is 140 Å². The minimum atomic E-state index is -1.76. The van der Waals surface area contributed by atoms with E-state index in [1.54, 1.807) is 24.5 Å². The number of nitrogens with one attached hydrogen (secondary N) is 1. The van der Waals surface area contributed by atoms with Crippen molar-refractivity contribution in [2.45, 2.75) is 83.8 Å². The van der Waals surface area contributed by atoms with Gasteiger partial charge >= 0.3 is 5.97 Å². The van der Waals surface area contributed by atoms with Crippen LogP contribution >= 0.6 is 0 Å². The van der Waals surface area contributed by atoms with Gasteiger partial charge in [0.25, 0.3) is 0 Å². The summed E-state index contributed by atoms with van der Waals surface area (Å²) >= 11 is 0. The molecule has 5 rings (SSSR count). The first-order chi connectivity index (χ1) is 19.0. The lowest BCUT2D eigenvalue weighted by atomic mass is 9.46. The van der Waals surface area contributed by atoms with Crippen molar-refractivity contribution in [3.05, 3.63) is 41.7 Å². The number of fused-ring (bicyclic) bond motifs is 5. The number of aliphatic hydroxyl groups is 1. The van der Waals surface area contributed by atoms with Crippen LogP contribution in [0.3, 0.4) is 0 Å². The third kappa shape index (κ3) is 4.82. The second-order valence-corrected chi connectivity index (χ2v) is 12.5. The molecule has 0 radical (unpaired) electrons. The number of aromatic nitrogens is 1. The molecule has 3 unspecified atom stereocenters. The Morgan fingerprint density at radius 2 is 1.93 bits per heavy atom. The zero-order chi connectivity index (χ0) is 28.7. The van der Waals surface area contributed by atoms with Crippen LogP contribution in [-0.2, 0) is 35.3 Å². The van der Waals surface area contributed by atoms with Gasteiger partial charge < -0.3 is 15.2 Å². The summed E-state index contributed by atoms with van der Waals surface area (Å²) in [7, 11) is 0. The maximum Gasteiger partial charge on any atom is 0.306 e. The molecule has 1 aromatic rings. The van der Waals surface area contributed by atoms with Gasteiger partial charge in [0.1, 0.15) is 11.4 Å². The van der Waals surface area contributed by atoms with Gasteiger partial charge in [-0.2, -0.15) is 0 Å². The first-order valence-corrected chi connectivity index (χ1v) is 14.3. The zero-order valence-corrected chi connectivity index (χ0v) is 23.2. The van der Waals surface area contributed by atoms with Gasteiger partial charge in [0, 0.05) is 49.5 Å². The molecule has 1 aromatic heterocycles. The molecule has 6 atom stereocenters. The van der Waals surface area contributed by atoms with Gasteiger partial charge in [-0.15, -0.1) is 0 Å². The van der Waals surface area contributed by atoms with Gasteiger partial charge in [-0.3, -0.25) is 29.0 Å². The van der Waals surface area contributed by atoms with Crippen molar-refractivity contribution in [1.29, 1.82) is 0 Å². The van der Waals surface area contributed by atoms with E-state index in [0.29, 0.717) is 25.8 Å². The number of pyridine rings is 1. The number of carbonyl (C=O) groups excluding carboxylic acids is 5. The van der Waals surface area contributed by atoms with E-state index in [1.807, 2.05) is 13.0 Å². The average molecular weight is 551 g/mol. The summed E-state index contributed by atoms with van der Waals surface area (Å²) in [5.74, 6) is -1.63. The van der Waals surface area contributed by atoms with E-state index in [1.165, 1.54) is 0 Å². The zero-order valence-electron chi connectivity index (χ0n) is 23.2. The van der Waals surface area contributed by atoms with E-state index in [2.05, 4.69) is 17.2 Å². The predicted octanol–water partition coefficient (Wildman–Crippen LogP) is 3.03. The minimum absolute atomic E-state index is 0.0145. The molecule has 40 heavy (non-hydrogen) atoms. The molecule has 0 bridgehead atoms. The number of allylic oxidation sites excluding steroid dienone is 1. The summed E-state index contributed by atoms with van der Waals surface area (Å²) in [6.45, 7) is 3.64. The van der Waals surface area contributed by atoms with Crippen LogP contribution in [0, 0.1) is 28.6 Å². The molecule has 1 heterocycles. The lowest BCUT2D eigenvalue weighted by molar-refractivity contribution is -0.173. The summed E-state index contributed by atoms with van der Waals surface area (Å²) in [6.07, 6.45) is 8.28. The van der Waals surface area contributed by atoms with Crippen LogP contribution in [0.2, 0.25) is 0 Å². The van der Waals surface area contributed by atoms with Crippen molar-refractivity contribution in [2.24, 2.45) is 28.6 Å². The normalized spacial score (nSPS) is 34.7. The highest BCUT2D eigenvalue weighted by molar-refractivity contribution is 5.95. The number of ether oxygens (including phenoxy) is 1. The molecule has 4 aliphatic rings. The van der Waals surface area contributed by atoms with Crippen molar-refractivity contribution in [2.75, 3.05) is 6.61 Å². The number of rotatable bonds is 8. The SMILES string of the molecule is C[C@]12CCC(=O)C=C1CCC1C2C(=O)C[C@@]2(C)C1CC[C@]2(O)C(=O)COC(=O)CCC(=O)NCc1cccnc1. The molecular formula is C31H38N2O7. The van der Waals surface area contributed by atoms with Gasteiger partial charge in [-0.05, 0) is 67.1 Å². The Bertz CT molecular complexity index is 1260. The Morgan fingerprint density at radius 1 is 1.12 bits per heavy atom. The first kappa shape index (κ1) is 28.3. The second-order valence-electron chi connectivity index (χ2n) is 12.5. The van der Waals surface area contributed by atoms with Gasteiger partial charge in [-0.1, -0.05) is 25.5 Å². The third-order valence-corrected chi connectivity index (χ3v) is 10.4. The van der Waals surface area contributed by atoms with E-state index in [9.17, 15) is 29.1 Å². The van der Waals surface area contributed by atoms with Crippen LogP contribution < -0.4 is 5.32 Å². The molecule has 3 saturated carbocycles. The fourth-order valence-electron chi connectivity index (χ4n) is 8.19. The second kappa shape index (κ2) is 10.7. The number of nitrogens with zero attached hydrogens (tertiary/aromatic N) is 1. The van der Waals surface area contributed by atoms with E-state index in [4.69, 9.17) is 4.74 Å². The largest absolute Gasteiger partial charge is 0.458 e. The lowest BCUT2D eigenvalue weighted by Gasteiger charge is -2.57. The molecule has 4 aliphatic carbocycles. The highest BCUT2D eigenvalue weighted by atomic mass is 16.5. The van der Waals surface area contributed by atoms with Crippen LogP contribution in [0.25, 0.3) is 0 Å². The number of Topliss-reactive ketones (excluding diaryl/α,β-unsaturated/α-hetero) is 2. The van der Waals surface area contributed by atoms with Gasteiger partial charge in [0.15, 0.2) is 12.4 Å². The summed E-state index contributed by atoms with van der Waals surface area (Å²) in [4.78, 5) is 67.5. The summed E-state index contributed by atoms with van der Waals surface area (Å²) in [5.41, 5.74) is -1.15. The molecule has 1 amide bonds. The molecule has 2 N–H and O–H groups in total. The van der Waals surface area contributed by atoms with Crippen LogP contribution in [0.5, 0.6) is 0 Å². The number of amides is 1. The van der Waals surface area contributed by atoms with E-state index < -0.39 is 29.4 Å². The van der Waals surface area contributed by atoms with Crippen molar-refractivity contribution < 1.29 is 33.8 Å². The van der Waals surface area contributed by atoms with Gasteiger partial charge in [0.2, 0.25) is 11.7 Å². The molecule has 9 heteroatoms. The number of ketones is 3. The fourth-order valence-corrected chi connectivity index (χ4v) is 8.19. The molecule has 0 saturated heterocycles. The molecule has 9 nitrogen and oxygen atoms in total. The maximum atomic E-state index is 13.7. The smallest absolute Gasteiger partial charge is 0.306 e. The van der Waals surface area contributed by atoms with Crippen LogP contribution in [0.1, 0.15) is 77.2 Å². The highest BCUT2D eigenvalue weighted by Crippen LogP contribution is 2.66. The number of esters is 1. The predicted molar refractivity (Wildman–Crippen MR) is 143 cm³/mol. The van der Waals surface area contributed by atoms with E-state index in [0.717, 1.165) is 24.0 Å². The number of hydrogen-bond acceptors (Lipinski definition) is 8. The molecule has 0 aromatic carbocycles. The third-order valence-electron chi connectivity index (χ3n) is 10.4. The molecule has 0 aliphatic heterocycles. The van der Waals surface area contributed by atoms with Crippen LogP contribution in [0.15, 0.2) is 36.2 Å². The van der Waals surface area contributed by atoms with Crippen LogP contribution in [0.4, 0.5) is 0 Å². The van der Waals surface area contributed by atoms with E-state index in [-0.39, 0.29) is 66.3 Å². The first-order valence-electron chi connectivity index (χ1n) is 14.3. The summed E-state index contributed by atoms with van der Waals surface area (Å²) in [5, 5.41) is 14.5. The molecule has 0 spiro atoms. The Kier molecular flexibility index (Phi) is 7.54. The molecule has 3 fully saturated rings. The summed E-state index contributed by atoms with van der Waals surface area (Å²) in [6, 6.07) is 3.59. The Labute approximate surface area is 234 Å². The standard InChI is InChI=1S/C31H38N2O7/c1-29-11-9-21(34)14-20(29)5-6-22-23-10-12-31(39,30(23,2)15-24(35)28(22)29)25(36)18-40-27(38)8-7-26(37)33-17-19-4-3-13-32-16-19/h3-4,13-14,16,22-23,28,39H,5-12,15,17-18H2,1-2H3,(H,33,37)/t22?,23?,28?,29-,30-,31-/m0/s1. The Morgan fingerprint density at radius 3 is 2.67 bits per heavy atom. The Hall–Kier alpha value is -3.20. The average Bonchev–Trinajstić information content (AvgIpc) is 3.20. The monoisotopic (exact) mass is 550 g/mol. The van der Waals surface area contributed by atoms with E-state index >= 15 is 0 Å². The minimum Gasteiger partial charge on any atom is -0.458 e. The quantitative estimate of drug-likeness (QED) is 0.471. The number of hydrogen-bond donors (Lipinski definition) is 2. The van der Waals surface area contributed by atoms with Crippen molar-refractivity contribution >= 4 is 29.2 Å².